The van der Waals surface area contributed by atoms with Crippen molar-refractivity contribution in [1.29, 1.82) is 0 Å². The Morgan fingerprint density at radius 1 is 1.25 bits per heavy atom. The summed E-state index contributed by atoms with van der Waals surface area (Å²) in [4.78, 5) is 1.89. The largest absolute Gasteiger partial charge is 0.516 e. The van der Waals surface area contributed by atoms with Crippen molar-refractivity contribution in [3.8, 4) is 0 Å². The van der Waals surface area contributed by atoms with E-state index < -0.39 is 0 Å². The molecule has 0 aliphatic rings. The molecule has 2 heteroatoms. The van der Waals surface area contributed by atoms with Crippen LogP contribution < -0.4 is 0 Å². The molecule has 0 spiro atoms. The van der Waals surface area contributed by atoms with E-state index in [0.717, 1.165) is 6.26 Å². The van der Waals surface area contributed by atoms with Gasteiger partial charge in [-0.15, -0.1) is 0 Å². The highest BCUT2D eigenvalue weighted by atomic mass is 16.2. The van der Waals surface area contributed by atoms with E-state index >= 15 is 0 Å². The predicted octanol–water partition coefficient (Wildman–Crippen LogP) is 1.13. The number of aliphatic hydroxyl groups excluding tert-OH is 1. The van der Waals surface area contributed by atoms with Crippen LogP contribution in [-0.2, 0) is 0 Å². The lowest BCUT2D eigenvalue weighted by atomic mass is 10.6. The highest BCUT2D eigenvalue weighted by Gasteiger charge is 1.68. The molecule has 0 atom stereocenters. The van der Waals surface area contributed by atoms with E-state index in [0.29, 0.717) is 0 Å². The second-order valence-electron chi connectivity index (χ2n) is 1.65. The van der Waals surface area contributed by atoms with Crippen LogP contribution in [0.1, 0.15) is 0 Å². The maximum atomic E-state index is 8.13. The van der Waals surface area contributed by atoms with Gasteiger partial charge in [-0.3, -0.25) is 0 Å². The maximum Gasteiger partial charge on any atom is 0.0792 e. The van der Waals surface area contributed by atoms with Gasteiger partial charge >= 0.3 is 0 Å². The average molecular weight is 113 g/mol. The molecule has 0 aliphatic carbocycles. The third-order valence-electron chi connectivity index (χ3n) is 0.581. The Labute approximate surface area is 49.7 Å². The summed E-state index contributed by atoms with van der Waals surface area (Å²) in [5.74, 6) is 0. The molecule has 0 amide bonds. The highest BCUT2D eigenvalue weighted by molar-refractivity contribution is 4.97. The quantitative estimate of drug-likeness (QED) is 0.428. The SMILES string of the molecule is CN(C)/C=C/C=C/O. The molecule has 0 bridgehead atoms. The first-order chi connectivity index (χ1) is 3.77. The first-order valence-electron chi connectivity index (χ1n) is 2.41. The molecule has 8 heavy (non-hydrogen) atoms. The Morgan fingerprint density at radius 2 is 1.88 bits per heavy atom. The van der Waals surface area contributed by atoms with Crippen LogP contribution in [0.15, 0.2) is 24.6 Å². The molecule has 0 unspecified atom stereocenters. The van der Waals surface area contributed by atoms with Crippen LogP contribution in [0.3, 0.4) is 0 Å². The smallest absolute Gasteiger partial charge is 0.0792 e. The minimum absolute atomic E-state index is 1.00. The zero-order valence-electron chi connectivity index (χ0n) is 5.20. The molecule has 0 aromatic heterocycles. The molecule has 1 N–H and O–H groups in total. The van der Waals surface area contributed by atoms with E-state index in [1.54, 1.807) is 12.2 Å². The number of hydrogen-bond acceptors (Lipinski definition) is 2. The Morgan fingerprint density at radius 3 is 2.25 bits per heavy atom. The van der Waals surface area contributed by atoms with Crippen molar-refractivity contribution in [2.24, 2.45) is 0 Å². The van der Waals surface area contributed by atoms with Crippen LogP contribution in [0.4, 0.5) is 0 Å². The first-order valence-corrected chi connectivity index (χ1v) is 2.41. The van der Waals surface area contributed by atoms with Gasteiger partial charge in [0, 0.05) is 14.1 Å². The van der Waals surface area contributed by atoms with Gasteiger partial charge in [0.25, 0.3) is 0 Å². The van der Waals surface area contributed by atoms with Gasteiger partial charge in [-0.2, -0.15) is 0 Å². The van der Waals surface area contributed by atoms with Crippen LogP contribution in [0.25, 0.3) is 0 Å². The molecular weight excluding hydrogens is 102 g/mol. The number of aliphatic hydroxyl groups is 1. The summed E-state index contributed by atoms with van der Waals surface area (Å²) in [7, 11) is 3.84. The molecule has 0 aromatic carbocycles. The predicted molar refractivity (Wildman–Crippen MR) is 34.6 cm³/mol. The van der Waals surface area contributed by atoms with Crippen molar-refractivity contribution < 1.29 is 5.11 Å². The van der Waals surface area contributed by atoms with Gasteiger partial charge in [0.15, 0.2) is 0 Å². The van der Waals surface area contributed by atoms with Crippen molar-refractivity contribution >= 4 is 0 Å². The summed E-state index contributed by atoms with van der Waals surface area (Å²) in [6.45, 7) is 0. The van der Waals surface area contributed by atoms with E-state index in [4.69, 9.17) is 5.11 Å². The van der Waals surface area contributed by atoms with Crippen molar-refractivity contribution in [2.75, 3.05) is 14.1 Å². The molecule has 0 saturated carbocycles. The summed E-state index contributed by atoms with van der Waals surface area (Å²) < 4.78 is 0. The third kappa shape index (κ3) is 5.08. The standard InChI is InChI=1S/C6H11NO/c1-7(2)5-3-4-6-8/h3-6,8H,1-2H3/b5-3+,6-4+. The molecular formula is C6H11NO. The van der Waals surface area contributed by atoms with Crippen LogP contribution in [0.5, 0.6) is 0 Å². The zero-order valence-corrected chi connectivity index (χ0v) is 5.20. The number of allylic oxidation sites excluding steroid dienone is 2. The summed E-state index contributed by atoms with van der Waals surface area (Å²) >= 11 is 0. The molecule has 0 aromatic rings. The summed E-state index contributed by atoms with van der Waals surface area (Å²) in [5, 5.41) is 8.13. The maximum absolute atomic E-state index is 8.13. The third-order valence-corrected chi connectivity index (χ3v) is 0.581. The fourth-order valence-electron chi connectivity index (χ4n) is 0.272. The van der Waals surface area contributed by atoms with Crippen molar-refractivity contribution in [3.63, 3.8) is 0 Å². The molecule has 0 heterocycles. The highest BCUT2D eigenvalue weighted by Crippen LogP contribution is 1.77. The van der Waals surface area contributed by atoms with Crippen LogP contribution >= 0.6 is 0 Å². The van der Waals surface area contributed by atoms with Gasteiger partial charge in [0.2, 0.25) is 0 Å². The molecule has 46 valence electrons. The fraction of sp³-hybridized carbons (Fsp3) is 0.333. The Bertz CT molecular complexity index is 94.7. The normalized spacial score (nSPS) is 11.2. The van der Waals surface area contributed by atoms with E-state index in [9.17, 15) is 0 Å². The molecule has 2 nitrogen and oxygen atoms in total. The lowest BCUT2D eigenvalue weighted by Crippen LogP contribution is -1.99. The molecule has 0 aliphatic heterocycles. The van der Waals surface area contributed by atoms with Gasteiger partial charge in [-0.1, -0.05) is 0 Å². The average Bonchev–Trinajstić information content (AvgIpc) is 1.66. The van der Waals surface area contributed by atoms with Gasteiger partial charge < -0.3 is 10.0 Å². The number of rotatable bonds is 2. The zero-order chi connectivity index (χ0) is 6.41. The molecule has 0 radical (unpaired) electrons. The minimum Gasteiger partial charge on any atom is -0.516 e. The molecule has 0 rings (SSSR count). The van der Waals surface area contributed by atoms with Crippen LogP contribution in [0, 0.1) is 0 Å². The van der Waals surface area contributed by atoms with Gasteiger partial charge in [-0.05, 0) is 18.4 Å². The second kappa shape index (κ2) is 4.24. The lowest BCUT2D eigenvalue weighted by Gasteiger charge is -2.00. The Kier molecular flexibility index (Phi) is 3.76. The summed E-state index contributed by atoms with van der Waals surface area (Å²) in [5.41, 5.74) is 0. The fourth-order valence-corrected chi connectivity index (χ4v) is 0.272. The first kappa shape index (κ1) is 7.08. The lowest BCUT2D eigenvalue weighted by molar-refractivity contribution is 0.473. The topological polar surface area (TPSA) is 23.5 Å². The number of nitrogens with zero attached hydrogens (tertiary/aromatic N) is 1. The van der Waals surface area contributed by atoms with E-state index in [1.807, 2.05) is 25.2 Å². The molecule has 0 fully saturated rings. The monoisotopic (exact) mass is 113 g/mol. The van der Waals surface area contributed by atoms with E-state index in [1.165, 1.54) is 0 Å². The van der Waals surface area contributed by atoms with Crippen molar-refractivity contribution in [3.05, 3.63) is 24.6 Å². The summed E-state index contributed by atoms with van der Waals surface area (Å²) in [6.07, 6.45) is 6.15. The van der Waals surface area contributed by atoms with Gasteiger partial charge in [0.1, 0.15) is 0 Å². The van der Waals surface area contributed by atoms with Crippen LogP contribution in [0.2, 0.25) is 0 Å². The number of hydrogen-bond donors (Lipinski definition) is 1. The second-order valence-corrected chi connectivity index (χ2v) is 1.65. The van der Waals surface area contributed by atoms with Gasteiger partial charge in [0.05, 0.1) is 6.26 Å². The van der Waals surface area contributed by atoms with Crippen LogP contribution in [-0.4, -0.2) is 24.1 Å². The van der Waals surface area contributed by atoms with Crippen molar-refractivity contribution in [1.82, 2.24) is 4.90 Å². The Hall–Kier alpha value is -0.920. The van der Waals surface area contributed by atoms with Crippen molar-refractivity contribution in [2.45, 2.75) is 0 Å². The van der Waals surface area contributed by atoms with E-state index in [2.05, 4.69) is 0 Å². The Balaban J connectivity index is 3.34. The molecule has 0 saturated heterocycles. The van der Waals surface area contributed by atoms with E-state index in [-0.39, 0.29) is 0 Å². The van der Waals surface area contributed by atoms with Gasteiger partial charge in [-0.25, -0.2) is 0 Å². The summed E-state index contributed by atoms with van der Waals surface area (Å²) in [6, 6.07) is 0. The minimum atomic E-state index is 1.00.